The molecule has 0 bridgehead atoms. The minimum atomic E-state index is -0.465. The Balaban J connectivity index is 2.23. The second-order valence-electron chi connectivity index (χ2n) is 4.95. The first-order valence-corrected chi connectivity index (χ1v) is 6.24. The summed E-state index contributed by atoms with van der Waals surface area (Å²) in [6.07, 6.45) is 3.49. The average molecular weight is 265 g/mol. The van der Waals surface area contributed by atoms with Crippen LogP contribution in [0.3, 0.4) is 0 Å². The van der Waals surface area contributed by atoms with Crippen LogP contribution in [0.1, 0.15) is 30.1 Å². The van der Waals surface area contributed by atoms with Gasteiger partial charge in [-0.05, 0) is 25.8 Å². The summed E-state index contributed by atoms with van der Waals surface area (Å²) in [7, 11) is 1.32. The Morgan fingerprint density at radius 3 is 3.05 bits per heavy atom. The first-order valence-electron chi connectivity index (χ1n) is 6.24. The molecule has 0 spiro atoms. The van der Waals surface area contributed by atoms with Crippen LogP contribution in [-0.2, 0) is 9.47 Å². The highest BCUT2D eigenvalue weighted by atomic mass is 16.5. The number of carbonyl (C=O) groups excluding carboxylic acids is 1. The molecule has 1 aromatic rings. The van der Waals surface area contributed by atoms with E-state index in [0.717, 1.165) is 19.4 Å². The molecule has 1 aromatic heterocycles. The topological polar surface area (TPSA) is 86.5 Å². The largest absolute Gasteiger partial charge is 0.465 e. The number of nitrogens with two attached hydrogens (primary N) is 1. The maximum atomic E-state index is 11.6. The molecule has 19 heavy (non-hydrogen) atoms. The van der Waals surface area contributed by atoms with Crippen molar-refractivity contribution < 1.29 is 14.3 Å². The fourth-order valence-electron chi connectivity index (χ4n) is 2.18. The zero-order chi connectivity index (χ0) is 13.9. The number of anilines is 2. The van der Waals surface area contributed by atoms with Crippen molar-refractivity contribution in [1.82, 2.24) is 4.98 Å². The second-order valence-corrected chi connectivity index (χ2v) is 4.95. The van der Waals surface area contributed by atoms with Crippen LogP contribution in [0.2, 0.25) is 0 Å². The summed E-state index contributed by atoms with van der Waals surface area (Å²) < 4.78 is 10.2. The molecule has 1 aliphatic rings. The normalized spacial score (nSPS) is 22.8. The molecule has 0 aromatic carbocycles. The van der Waals surface area contributed by atoms with Gasteiger partial charge in [-0.1, -0.05) is 0 Å². The van der Waals surface area contributed by atoms with Crippen LogP contribution in [-0.4, -0.2) is 36.8 Å². The molecule has 0 aliphatic carbocycles. The number of rotatable bonds is 3. The van der Waals surface area contributed by atoms with Gasteiger partial charge in [-0.25, -0.2) is 9.78 Å². The molecule has 3 N–H and O–H groups in total. The third kappa shape index (κ3) is 2.96. The van der Waals surface area contributed by atoms with Crippen LogP contribution in [0.25, 0.3) is 0 Å². The van der Waals surface area contributed by atoms with Crippen molar-refractivity contribution in [2.75, 3.05) is 31.4 Å². The van der Waals surface area contributed by atoms with Crippen molar-refractivity contribution in [3.63, 3.8) is 0 Å². The van der Waals surface area contributed by atoms with Gasteiger partial charge in [0.1, 0.15) is 0 Å². The average Bonchev–Trinajstić information content (AvgIpc) is 2.41. The van der Waals surface area contributed by atoms with Gasteiger partial charge in [0, 0.05) is 12.8 Å². The summed E-state index contributed by atoms with van der Waals surface area (Å²) in [6.45, 7) is 3.43. The molecule has 2 rings (SSSR count). The Hall–Kier alpha value is -1.82. The van der Waals surface area contributed by atoms with E-state index in [1.165, 1.54) is 13.3 Å². The summed E-state index contributed by atoms with van der Waals surface area (Å²) in [5.74, 6) is 0.0314. The third-order valence-corrected chi connectivity index (χ3v) is 3.25. The molecule has 1 saturated heterocycles. The number of esters is 1. The van der Waals surface area contributed by atoms with Gasteiger partial charge in [0.2, 0.25) is 0 Å². The summed E-state index contributed by atoms with van der Waals surface area (Å²) >= 11 is 0. The summed E-state index contributed by atoms with van der Waals surface area (Å²) in [5, 5.41) is 3.28. The number of nitrogen functional groups attached to an aromatic ring is 1. The molecule has 2 heterocycles. The van der Waals surface area contributed by atoms with Gasteiger partial charge in [-0.3, -0.25) is 0 Å². The number of aromatic nitrogens is 1. The summed E-state index contributed by atoms with van der Waals surface area (Å²) in [6, 6.07) is 1.55. The molecule has 6 nitrogen and oxygen atoms in total. The smallest absolute Gasteiger partial charge is 0.340 e. The molecule has 1 unspecified atom stereocenters. The fourth-order valence-corrected chi connectivity index (χ4v) is 2.18. The van der Waals surface area contributed by atoms with Gasteiger partial charge in [-0.2, -0.15) is 0 Å². The highest BCUT2D eigenvalue weighted by Gasteiger charge is 2.29. The number of hydrogen-bond acceptors (Lipinski definition) is 6. The van der Waals surface area contributed by atoms with E-state index in [1.807, 2.05) is 0 Å². The van der Waals surface area contributed by atoms with Gasteiger partial charge >= 0.3 is 5.97 Å². The predicted molar refractivity (Wildman–Crippen MR) is 72.1 cm³/mol. The molecule has 0 radical (unpaired) electrons. The maximum Gasteiger partial charge on any atom is 0.340 e. The zero-order valence-corrected chi connectivity index (χ0v) is 11.2. The second kappa shape index (κ2) is 5.44. The van der Waals surface area contributed by atoms with Gasteiger partial charge in [0.05, 0.1) is 30.5 Å². The zero-order valence-electron chi connectivity index (χ0n) is 11.2. The van der Waals surface area contributed by atoms with Crippen LogP contribution in [0.5, 0.6) is 0 Å². The van der Waals surface area contributed by atoms with Crippen LogP contribution in [0.4, 0.5) is 11.5 Å². The maximum absolute atomic E-state index is 11.6. The van der Waals surface area contributed by atoms with E-state index in [1.54, 1.807) is 6.07 Å². The van der Waals surface area contributed by atoms with Gasteiger partial charge < -0.3 is 20.5 Å². The van der Waals surface area contributed by atoms with Gasteiger partial charge in [0.25, 0.3) is 0 Å². The van der Waals surface area contributed by atoms with Crippen molar-refractivity contribution in [3.8, 4) is 0 Å². The number of nitrogens with zero attached hydrogens (tertiary/aromatic N) is 1. The molecular formula is C13H19N3O3. The molecule has 0 saturated carbocycles. The van der Waals surface area contributed by atoms with Gasteiger partial charge in [0.15, 0.2) is 5.82 Å². The van der Waals surface area contributed by atoms with E-state index in [4.69, 9.17) is 10.5 Å². The van der Waals surface area contributed by atoms with E-state index >= 15 is 0 Å². The molecule has 1 fully saturated rings. The van der Waals surface area contributed by atoms with E-state index in [2.05, 4.69) is 22.0 Å². The lowest BCUT2D eigenvalue weighted by Crippen LogP contribution is -2.43. The Labute approximate surface area is 112 Å². The Morgan fingerprint density at radius 1 is 1.63 bits per heavy atom. The Kier molecular flexibility index (Phi) is 3.90. The van der Waals surface area contributed by atoms with Crippen molar-refractivity contribution in [2.24, 2.45) is 0 Å². The lowest BCUT2D eigenvalue weighted by Gasteiger charge is -2.35. The number of pyridine rings is 1. The molecule has 0 amide bonds. The Morgan fingerprint density at radius 2 is 2.42 bits per heavy atom. The first kappa shape index (κ1) is 13.6. The van der Waals surface area contributed by atoms with Crippen molar-refractivity contribution in [2.45, 2.75) is 25.3 Å². The van der Waals surface area contributed by atoms with Crippen molar-refractivity contribution in [1.29, 1.82) is 0 Å². The molecular weight excluding hydrogens is 246 g/mol. The van der Waals surface area contributed by atoms with Crippen LogP contribution >= 0.6 is 0 Å². The minimum absolute atomic E-state index is 0.214. The van der Waals surface area contributed by atoms with Crippen molar-refractivity contribution in [3.05, 3.63) is 17.8 Å². The highest BCUT2D eigenvalue weighted by molar-refractivity contribution is 5.97. The molecule has 1 aliphatic heterocycles. The first-order chi connectivity index (χ1) is 9.06. The standard InChI is InChI=1S/C13H19N3O3/c1-13(5-3-7-19-8-13)16-11-10(14)9(4-6-15-11)12(17)18-2/h4,6H,3,5,7-8,14H2,1-2H3,(H,15,16). The lowest BCUT2D eigenvalue weighted by molar-refractivity contribution is 0.0539. The summed E-state index contributed by atoms with van der Waals surface area (Å²) in [5.41, 5.74) is 6.38. The van der Waals surface area contributed by atoms with Crippen LogP contribution in [0.15, 0.2) is 12.3 Å². The lowest BCUT2D eigenvalue weighted by atomic mass is 9.95. The Bertz CT molecular complexity index is 470. The number of hydrogen-bond donors (Lipinski definition) is 2. The number of ether oxygens (including phenoxy) is 2. The third-order valence-electron chi connectivity index (χ3n) is 3.25. The fraction of sp³-hybridized carbons (Fsp3) is 0.538. The highest BCUT2D eigenvalue weighted by Crippen LogP contribution is 2.28. The summed E-state index contributed by atoms with van der Waals surface area (Å²) in [4.78, 5) is 15.8. The number of methoxy groups -OCH3 is 1. The molecule has 6 heteroatoms. The van der Waals surface area contributed by atoms with E-state index < -0.39 is 5.97 Å². The van der Waals surface area contributed by atoms with E-state index in [0.29, 0.717) is 23.7 Å². The molecule has 1 atom stereocenters. The monoisotopic (exact) mass is 265 g/mol. The number of carbonyl (C=O) groups is 1. The van der Waals surface area contributed by atoms with Crippen LogP contribution < -0.4 is 11.1 Å². The van der Waals surface area contributed by atoms with E-state index in [9.17, 15) is 4.79 Å². The molecule has 104 valence electrons. The van der Waals surface area contributed by atoms with Crippen LogP contribution in [0, 0.1) is 0 Å². The van der Waals surface area contributed by atoms with E-state index in [-0.39, 0.29) is 5.54 Å². The quantitative estimate of drug-likeness (QED) is 0.804. The number of nitrogens with one attached hydrogen (secondary N) is 1. The SMILES string of the molecule is COC(=O)c1ccnc(NC2(C)CCCOC2)c1N. The van der Waals surface area contributed by atoms with Crippen molar-refractivity contribution >= 4 is 17.5 Å². The minimum Gasteiger partial charge on any atom is -0.465 e. The predicted octanol–water partition coefficient (Wildman–Crippen LogP) is 1.43. The van der Waals surface area contributed by atoms with Gasteiger partial charge in [-0.15, -0.1) is 0 Å².